The average Bonchev–Trinajstić information content (AvgIpc) is 3.55. The minimum atomic E-state index is -0.593. The van der Waals surface area contributed by atoms with Crippen molar-refractivity contribution in [1.82, 2.24) is 14.3 Å². The van der Waals surface area contributed by atoms with E-state index >= 15 is 4.39 Å². The highest BCUT2D eigenvalue weighted by Crippen LogP contribution is 2.40. The first-order chi connectivity index (χ1) is 22.7. The van der Waals surface area contributed by atoms with Crippen LogP contribution in [0.15, 0.2) is 60.7 Å². The van der Waals surface area contributed by atoms with Crippen molar-refractivity contribution in [3.05, 3.63) is 100 Å². The average molecular weight is 644 g/mol. The quantitative estimate of drug-likeness (QED) is 0.141. The fourth-order valence-electron chi connectivity index (χ4n) is 5.86. The Morgan fingerprint density at radius 2 is 1.45 bits per heavy atom. The molecule has 0 radical (unpaired) electrons. The number of methoxy groups -OCH3 is 4. The van der Waals surface area contributed by atoms with E-state index in [4.69, 9.17) is 28.8 Å². The number of rotatable bonds is 13. The zero-order valence-corrected chi connectivity index (χ0v) is 27.4. The van der Waals surface area contributed by atoms with Crippen molar-refractivity contribution in [2.45, 2.75) is 39.5 Å². The lowest BCUT2D eigenvalue weighted by Crippen LogP contribution is -2.11. The number of hydrogen-bond donors (Lipinski definition) is 0. The molecular weight excluding hydrogens is 605 g/mol. The molecule has 0 aliphatic rings. The van der Waals surface area contributed by atoms with Gasteiger partial charge in [0.15, 0.2) is 0 Å². The Balaban J connectivity index is 1.64. The van der Waals surface area contributed by atoms with Gasteiger partial charge >= 0.3 is 11.9 Å². The van der Waals surface area contributed by atoms with Gasteiger partial charge in [-0.05, 0) is 66.4 Å². The van der Waals surface area contributed by atoms with Crippen LogP contribution in [-0.4, -0.2) is 54.7 Å². The summed E-state index contributed by atoms with van der Waals surface area (Å²) in [6, 6.07) is 18.2. The molecule has 0 fully saturated rings. The molecule has 47 heavy (non-hydrogen) atoms. The summed E-state index contributed by atoms with van der Waals surface area (Å²) in [6.45, 7) is 2.70. The van der Waals surface area contributed by atoms with Crippen LogP contribution in [0.5, 0.6) is 11.5 Å². The van der Waals surface area contributed by atoms with E-state index in [1.807, 2.05) is 60.1 Å². The SMILES string of the molecule is COC(=O)CCc1c(C(=O)OC)n(C)c2c(-c3c(COCc4ccc(OC)cc4)nn(Cc4ccc(OC)cc4)c3C)c(F)ccc12. The Bertz CT molecular complexity index is 1890. The van der Waals surface area contributed by atoms with Gasteiger partial charge in [0.2, 0.25) is 0 Å². The van der Waals surface area contributed by atoms with Crippen molar-refractivity contribution in [3.8, 4) is 22.6 Å². The molecule has 246 valence electrons. The maximum atomic E-state index is 16.2. The molecule has 0 aliphatic heterocycles. The molecule has 0 atom stereocenters. The van der Waals surface area contributed by atoms with Gasteiger partial charge in [0.25, 0.3) is 0 Å². The number of carbonyl (C=O) groups excluding carboxylic acids is 2. The predicted octanol–water partition coefficient (Wildman–Crippen LogP) is 6.16. The van der Waals surface area contributed by atoms with Crippen molar-refractivity contribution in [2.75, 3.05) is 28.4 Å². The first-order valence-electron chi connectivity index (χ1n) is 15.1. The third-order valence-electron chi connectivity index (χ3n) is 8.28. The second kappa shape index (κ2) is 14.5. The summed E-state index contributed by atoms with van der Waals surface area (Å²) in [5.41, 5.74) is 5.29. The number of halogens is 1. The molecule has 0 amide bonds. The van der Waals surface area contributed by atoms with Gasteiger partial charge in [-0.25, -0.2) is 9.18 Å². The van der Waals surface area contributed by atoms with Crippen molar-refractivity contribution >= 4 is 22.8 Å². The number of fused-ring (bicyclic) bond motifs is 1. The smallest absolute Gasteiger partial charge is 0.354 e. The largest absolute Gasteiger partial charge is 0.497 e. The Morgan fingerprint density at radius 3 is 2.04 bits per heavy atom. The first kappa shape index (κ1) is 33.2. The molecule has 0 bridgehead atoms. The zero-order chi connectivity index (χ0) is 33.7. The molecule has 0 saturated heterocycles. The number of hydrogen-bond acceptors (Lipinski definition) is 8. The first-order valence-corrected chi connectivity index (χ1v) is 15.1. The van der Waals surface area contributed by atoms with Crippen LogP contribution in [0.2, 0.25) is 0 Å². The summed E-state index contributed by atoms with van der Waals surface area (Å²) in [4.78, 5) is 25.2. The highest BCUT2D eigenvalue weighted by Gasteiger charge is 2.29. The Kier molecular flexibility index (Phi) is 10.3. The van der Waals surface area contributed by atoms with Crippen molar-refractivity contribution in [1.29, 1.82) is 0 Å². The van der Waals surface area contributed by atoms with Crippen LogP contribution < -0.4 is 9.47 Å². The van der Waals surface area contributed by atoms with Crippen LogP contribution in [0.25, 0.3) is 22.0 Å². The molecule has 0 spiro atoms. The molecule has 5 rings (SSSR count). The minimum Gasteiger partial charge on any atom is -0.497 e. The summed E-state index contributed by atoms with van der Waals surface area (Å²) in [6.07, 6.45) is 0.239. The standard InChI is InChI=1S/C36H38FN3O7/c1-22-32(33-29(37)17-15-27-28(16-18-31(41)45-5)35(36(42)46-6)39(2)34(27)33)30(21-47-20-24-9-13-26(44-4)14-10-24)38-40(22)19-23-7-11-25(43-3)12-8-23/h7-15,17H,16,18-21H2,1-6H3. The molecule has 0 saturated carbocycles. The summed E-state index contributed by atoms with van der Waals surface area (Å²) in [5, 5.41) is 5.55. The highest BCUT2D eigenvalue weighted by molar-refractivity contribution is 6.05. The van der Waals surface area contributed by atoms with E-state index in [9.17, 15) is 9.59 Å². The number of esters is 2. The second-order valence-corrected chi connectivity index (χ2v) is 11.0. The summed E-state index contributed by atoms with van der Waals surface area (Å²) in [5.74, 6) is -0.0250. The Labute approximate surface area is 272 Å². The molecule has 3 aromatic carbocycles. The van der Waals surface area contributed by atoms with Crippen LogP contribution >= 0.6 is 0 Å². The van der Waals surface area contributed by atoms with E-state index in [1.54, 1.807) is 31.9 Å². The fraction of sp³-hybridized carbons (Fsp3) is 0.306. The van der Waals surface area contributed by atoms with Crippen molar-refractivity contribution in [2.24, 2.45) is 7.05 Å². The van der Waals surface area contributed by atoms with Gasteiger partial charge in [0.1, 0.15) is 23.0 Å². The molecular formula is C36H38FN3O7. The number of aromatic nitrogens is 3. The normalized spacial score (nSPS) is 11.1. The van der Waals surface area contributed by atoms with Gasteiger partial charge in [-0.1, -0.05) is 24.3 Å². The van der Waals surface area contributed by atoms with Crippen LogP contribution in [0, 0.1) is 12.7 Å². The van der Waals surface area contributed by atoms with Crippen LogP contribution in [0.4, 0.5) is 4.39 Å². The van der Waals surface area contributed by atoms with E-state index in [2.05, 4.69) is 0 Å². The van der Waals surface area contributed by atoms with Gasteiger partial charge in [-0.3, -0.25) is 9.48 Å². The van der Waals surface area contributed by atoms with Crippen LogP contribution in [0.3, 0.4) is 0 Å². The van der Waals surface area contributed by atoms with Gasteiger partial charge in [0, 0.05) is 35.7 Å². The molecule has 11 heteroatoms. The summed E-state index contributed by atoms with van der Waals surface area (Å²) < 4.78 is 46.3. The predicted molar refractivity (Wildman–Crippen MR) is 174 cm³/mol. The third-order valence-corrected chi connectivity index (χ3v) is 8.28. The molecule has 5 aromatic rings. The molecule has 10 nitrogen and oxygen atoms in total. The minimum absolute atomic E-state index is 0.0373. The monoisotopic (exact) mass is 643 g/mol. The lowest BCUT2D eigenvalue weighted by Gasteiger charge is -2.12. The molecule has 0 aliphatic carbocycles. The third kappa shape index (κ3) is 6.85. The van der Waals surface area contributed by atoms with E-state index in [0.29, 0.717) is 46.6 Å². The van der Waals surface area contributed by atoms with E-state index < -0.39 is 17.8 Å². The maximum absolute atomic E-state index is 16.2. The number of carbonyl (C=O) groups is 2. The number of aryl methyl sites for hydroxylation is 2. The maximum Gasteiger partial charge on any atom is 0.354 e. The van der Waals surface area contributed by atoms with Gasteiger partial charge in [-0.2, -0.15) is 5.10 Å². The Morgan fingerprint density at radius 1 is 0.809 bits per heavy atom. The molecule has 0 unspecified atom stereocenters. The summed E-state index contributed by atoms with van der Waals surface area (Å²) >= 11 is 0. The van der Waals surface area contributed by atoms with Crippen molar-refractivity contribution < 1.29 is 37.7 Å². The Hall–Kier alpha value is -5.16. The lowest BCUT2D eigenvalue weighted by atomic mass is 9.97. The second-order valence-electron chi connectivity index (χ2n) is 11.0. The molecule has 2 heterocycles. The van der Waals surface area contributed by atoms with E-state index in [1.165, 1.54) is 20.3 Å². The number of nitrogens with zero attached hydrogens (tertiary/aromatic N) is 3. The fourth-order valence-corrected chi connectivity index (χ4v) is 5.86. The van der Waals surface area contributed by atoms with Crippen LogP contribution in [-0.2, 0) is 52.2 Å². The topological polar surface area (TPSA) is 103 Å². The van der Waals surface area contributed by atoms with Crippen LogP contribution in [0.1, 0.15) is 45.0 Å². The van der Waals surface area contributed by atoms with E-state index in [-0.39, 0.29) is 30.7 Å². The number of benzene rings is 3. The molecule has 0 N–H and O–H groups in total. The van der Waals surface area contributed by atoms with Gasteiger partial charge < -0.3 is 28.3 Å². The molecule has 2 aromatic heterocycles. The van der Waals surface area contributed by atoms with Crippen molar-refractivity contribution in [3.63, 3.8) is 0 Å². The number of ether oxygens (including phenoxy) is 5. The summed E-state index contributed by atoms with van der Waals surface area (Å²) in [7, 11) is 7.51. The highest BCUT2D eigenvalue weighted by atomic mass is 19.1. The lowest BCUT2D eigenvalue weighted by molar-refractivity contribution is -0.140. The zero-order valence-electron chi connectivity index (χ0n) is 27.4. The van der Waals surface area contributed by atoms with Gasteiger partial charge in [0.05, 0.1) is 59.4 Å². The van der Waals surface area contributed by atoms with Gasteiger partial charge in [-0.15, -0.1) is 0 Å². The van der Waals surface area contributed by atoms with E-state index in [0.717, 1.165) is 22.6 Å².